The van der Waals surface area contributed by atoms with Gasteiger partial charge < -0.3 is 4.74 Å². The highest BCUT2D eigenvalue weighted by Crippen LogP contribution is 2.12. The Morgan fingerprint density at radius 1 is 1.17 bits per heavy atom. The minimum Gasteiger partial charge on any atom is -0.452 e. The van der Waals surface area contributed by atoms with Crippen LogP contribution in [0.4, 0.5) is 5.69 Å². The Morgan fingerprint density at radius 2 is 1.87 bits per heavy atom. The quantitative estimate of drug-likeness (QED) is 0.506. The Hall–Kier alpha value is -3.07. The van der Waals surface area contributed by atoms with Crippen molar-refractivity contribution in [2.24, 2.45) is 0 Å². The molecule has 0 aliphatic rings. The van der Waals surface area contributed by atoms with Crippen LogP contribution in [0.15, 0.2) is 41.8 Å². The molecule has 0 saturated heterocycles. The Balaban J connectivity index is 1.85. The maximum Gasteiger partial charge on any atom is 0.338 e. The summed E-state index contributed by atoms with van der Waals surface area (Å²) >= 11 is 1.17. The van der Waals surface area contributed by atoms with E-state index in [-0.39, 0.29) is 11.3 Å². The van der Waals surface area contributed by atoms with E-state index in [1.54, 1.807) is 17.5 Å². The second-order valence-corrected chi connectivity index (χ2v) is 5.18. The van der Waals surface area contributed by atoms with Crippen LogP contribution in [0.25, 0.3) is 0 Å². The monoisotopic (exact) mass is 334 g/mol. The summed E-state index contributed by atoms with van der Waals surface area (Å²) < 4.78 is 4.74. The number of ether oxygens (including phenoxy) is 1. The number of imide groups is 1. The standard InChI is InChI=1S/C14H10N2O6S/c17-12(15-13(18)11-2-1-7-23-11)8-22-14(19)9-3-5-10(6-4-9)16(20)21/h1-7H,8H2,(H,15,17,18). The average molecular weight is 334 g/mol. The van der Waals surface area contributed by atoms with E-state index in [9.17, 15) is 24.5 Å². The van der Waals surface area contributed by atoms with Gasteiger partial charge >= 0.3 is 5.97 Å². The summed E-state index contributed by atoms with van der Waals surface area (Å²) in [5.74, 6) is -2.16. The number of carbonyl (C=O) groups is 3. The van der Waals surface area contributed by atoms with E-state index >= 15 is 0 Å². The van der Waals surface area contributed by atoms with Crippen LogP contribution in [0.3, 0.4) is 0 Å². The summed E-state index contributed by atoms with van der Waals surface area (Å²) in [6.45, 7) is -0.632. The molecule has 2 aromatic rings. The fourth-order valence-corrected chi connectivity index (χ4v) is 2.18. The summed E-state index contributed by atoms with van der Waals surface area (Å²) in [5, 5.41) is 14.3. The second kappa shape index (κ2) is 7.27. The van der Waals surface area contributed by atoms with Gasteiger partial charge in [0.1, 0.15) is 0 Å². The maximum absolute atomic E-state index is 11.7. The van der Waals surface area contributed by atoms with Crippen LogP contribution in [0, 0.1) is 10.1 Å². The molecule has 0 aliphatic heterocycles. The number of hydrogen-bond acceptors (Lipinski definition) is 7. The lowest BCUT2D eigenvalue weighted by Crippen LogP contribution is -2.33. The molecule has 9 heteroatoms. The topological polar surface area (TPSA) is 116 Å². The Morgan fingerprint density at radius 3 is 2.43 bits per heavy atom. The highest BCUT2D eigenvalue weighted by Gasteiger charge is 2.15. The van der Waals surface area contributed by atoms with Crippen LogP contribution in [-0.4, -0.2) is 29.3 Å². The lowest BCUT2D eigenvalue weighted by atomic mass is 10.2. The zero-order chi connectivity index (χ0) is 16.8. The molecule has 1 aromatic carbocycles. The third-order valence-corrected chi connectivity index (χ3v) is 3.51. The van der Waals surface area contributed by atoms with Crippen LogP contribution < -0.4 is 5.32 Å². The highest BCUT2D eigenvalue weighted by molar-refractivity contribution is 7.12. The summed E-state index contributed by atoms with van der Waals surface area (Å²) in [7, 11) is 0. The van der Waals surface area contributed by atoms with Gasteiger partial charge in [0.05, 0.1) is 15.4 Å². The fraction of sp³-hybridized carbons (Fsp3) is 0.0714. The van der Waals surface area contributed by atoms with E-state index in [2.05, 4.69) is 5.32 Å². The number of nitrogens with zero attached hydrogens (tertiary/aromatic N) is 1. The molecule has 2 amide bonds. The lowest BCUT2D eigenvalue weighted by Gasteiger charge is -2.05. The molecular weight excluding hydrogens is 324 g/mol. The van der Waals surface area contributed by atoms with Gasteiger partial charge in [-0.3, -0.25) is 25.0 Å². The van der Waals surface area contributed by atoms with Gasteiger partial charge in [0.2, 0.25) is 0 Å². The number of nitrogens with one attached hydrogen (secondary N) is 1. The van der Waals surface area contributed by atoms with E-state index < -0.39 is 29.3 Å². The maximum atomic E-state index is 11.7. The minimum absolute atomic E-state index is 0.0629. The van der Waals surface area contributed by atoms with Crippen molar-refractivity contribution in [3.8, 4) is 0 Å². The van der Waals surface area contributed by atoms with Crippen LogP contribution in [0.5, 0.6) is 0 Å². The number of nitro benzene ring substituents is 1. The Kier molecular flexibility index (Phi) is 5.15. The van der Waals surface area contributed by atoms with Crippen LogP contribution in [0.2, 0.25) is 0 Å². The normalized spacial score (nSPS) is 9.91. The molecule has 0 atom stereocenters. The molecule has 1 heterocycles. The zero-order valence-corrected chi connectivity index (χ0v) is 12.4. The summed E-state index contributed by atoms with van der Waals surface area (Å²) in [6, 6.07) is 7.95. The summed E-state index contributed by atoms with van der Waals surface area (Å²) in [6.07, 6.45) is 0. The number of thiophene rings is 1. The first-order valence-corrected chi connectivity index (χ1v) is 7.14. The van der Waals surface area contributed by atoms with Crippen molar-refractivity contribution in [1.29, 1.82) is 0 Å². The lowest BCUT2D eigenvalue weighted by molar-refractivity contribution is -0.384. The number of amides is 2. The smallest absolute Gasteiger partial charge is 0.338 e. The minimum atomic E-state index is -0.821. The molecule has 23 heavy (non-hydrogen) atoms. The molecular formula is C14H10N2O6S. The number of hydrogen-bond donors (Lipinski definition) is 1. The molecule has 1 N–H and O–H groups in total. The molecule has 0 radical (unpaired) electrons. The van der Waals surface area contributed by atoms with Gasteiger partial charge in [0.25, 0.3) is 17.5 Å². The molecule has 0 aliphatic carbocycles. The van der Waals surface area contributed by atoms with Gasteiger partial charge in [-0.1, -0.05) is 6.07 Å². The first-order valence-electron chi connectivity index (χ1n) is 6.26. The Bertz CT molecular complexity index is 739. The van der Waals surface area contributed by atoms with Crippen LogP contribution >= 0.6 is 11.3 Å². The number of nitro groups is 1. The van der Waals surface area contributed by atoms with Gasteiger partial charge in [-0.05, 0) is 23.6 Å². The first kappa shape index (κ1) is 16.3. The molecule has 0 fully saturated rings. The van der Waals surface area contributed by atoms with Crippen molar-refractivity contribution in [3.05, 3.63) is 62.3 Å². The van der Waals surface area contributed by atoms with Crippen molar-refractivity contribution in [3.63, 3.8) is 0 Å². The Labute approximate surface area is 133 Å². The molecule has 8 nitrogen and oxygen atoms in total. The summed E-state index contributed by atoms with van der Waals surface area (Å²) in [5.41, 5.74) is -0.103. The van der Waals surface area contributed by atoms with Gasteiger partial charge in [0.15, 0.2) is 6.61 Å². The molecule has 0 saturated carbocycles. The van der Waals surface area contributed by atoms with E-state index in [0.717, 1.165) is 12.1 Å². The SMILES string of the molecule is O=C(COC(=O)c1ccc([N+](=O)[O-])cc1)NC(=O)c1cccs1. The van der Waals surface area contributed by atoms with Crippen molar-refractivity contribution in [1.82, 2.24) is 5.32 Å². The third-order valence-electron chi connectivity index (χ3n) is 2.65. The molecule has 0 unspecified atom stereocenters. The van der Waals surface area contributed by atoms with Crippen molar-refractivity contribution < 1.29 is 24.0 Å². The van der Waals surface area contributed by atoms with Gasteiger partial charge in [-0.2, -0.15) is 0 Å². The van der Waals surface area contributed by atoms with Gasteiger partial charge in [0, 0.05) is 12.1 Å². The van der Waals surface area contributed by atoms with Crippen LogP contribution in [0.1, 0.15) is 20.0 Å². The van der Waals surface area contributed by atoms with Gasteiger partial charge in [-0.25, -0.2) is 4.79 Å². The van der Waals surface area contributed by atoms with E-state index in [4.69, 9.17) is 4.74 Å². The van der Waals surface area contributed by atoms with E-state index in [1.165, 1.54) is 23.5 Å². The number of esters is 1. The fourth-order valence-electron chi connectivity index (χ4n) is 1.57. The van der Waals surface area contributed by atoms with Crippen LogP contribution in [-0.2, 0) is 9.53 Å². The molecule has 0 spiro atoms. The summed E-state index contributed by atoms with van der Waals surface area (Å²) in [4.78, 5) is 45.1. The highest BCUT2D eigenvalue weighted by atomic mass is 32.1. The number of benzene rings is 1. The second-order valence-electron chi connectivity index (χ2n) is 4.23. The number of carbonyl (C=O) groups excluding carboxylic acids is 3. The molecule has 2 rings (SSSR count). The predicted octanol–water partition coefficient (Wildman–Crippen LogP) is 1.77. The first-order chi connectivity index (χ1) is 11.0. The predicted molar refractivity (Wildman–Crippen MR) is 80.2 cm³/mol. The van der Waals surface area contributed by atoms with Gasteiger partial charge in [-0.15, -0.1) is 11.3 Å². The number of non-ortho nitro benzene ring substituents is 1. The molecule has 0 bridgehead atoms. The van der Waals surface area contributed by atoms with Crippen molar-refractivity contribution in [2.75, 3.05) is 6.61 Å². The molecule has 118 valence electrons. The van der Waals surface area contributed by atoms with E-state index in [0.29, 0.717) is 4.88 Å². The average Bonchev–Trinajstić information content (AvgIpc) is 3.07. The van der Waals surface area contributed by atoms with Crippen molar-refractivity contribution in [2.45, 2.75) is 0 Å². The van der Waals surface area contributed by atoms with E-state index in [1.807, 2.05) is 0 Å². The third kappa shape index (κ3) is 4.45. The van der Waals surface area contributed by atoms with Crippen molar-refractivity contribution >= 4 is 34.8 Å². The zero-order valence-electron chi connectivity index (χ0n) is 11.6. The molecule has 1 aromatic heterocycles. The number of rotatable bonds is 5. The largest absolute Gasteiger partial charge is 0.452 e.